The maximum Gasteiger partial charge on any atom is 0.335 e. The second kappa shape index (κ2) is 5.29. The monoisotopic (exact) mass is 278 g/mol. The first-order chi connectivity index (χ1) is 10.2. The molecule has 104 valence electrons. The van der Waals surface area contributed by atoms with Crippen molar-refractivity contribution >= 4 is 16.7 Å². The Morgan fingerprint density at radius 3 is 2.43 bits per heavy atom. The van der Waals surface area contributed by atoms with E-state index < -0.39 is 5.97 Å². The number of carboxylic acids is 1. The van der Waals surface area contributed by atoms with Crippen molar-refractivity contribution in [2.24, 2.45) is 0 Å². The molecule has 0 heterocycles. The maximum atomic E-state index is 11.0. The molecule has 3 aromatic carbocycles. The van der Waals surface area contributed by atoms with Crippen LogP contribution in [0.2, 0.25) is 0 Å². The van der Waals surface area contributed by atoms with Crippen LogP contribution in [0.15, 0.2) is 60.7 Å². The third kappa shape index (κ3) is 2.46. The number of rotatable bonds is 3. The molecular formula is C18H14O3. The topological polar surface area (TPSA) is 46.5 Å². The summed E-state index contributed by atoms with van der Waals surface area (Å²) in [7, 11) is 1.65. The van der Waals surface area contributed by atoms with E-state index in [1.807, 2.05) is 48.5 Å². The van der Waals surface area contributed by atoms with Gasteiger partial charge in [-0.1, -0.05) is 36.4 Å². The number of ether oxygens (including phenoxy) is 1. The molecule has 0 unspecified atom stereocenters. The van der Waals surface area contributed by atoms with Crippen LogP contribution in [0.3, 0.4) is 0 Å². The highest BCUT2D eigenvalue weighted by Gasteiger charge is 2.07. The summed E-state index contributed by atoms with van der Waals surface area (Å²) in [6.07, 6.45) is 0. The van der Waals surface area contributed by atoms with E-state index in [2.05, 4.69) is 0 Å². The van der Waals surface area contributed by atoms with Crippen molar-refractivity contribution in [3.63, 3.8) is 0 Å². The highest BCUT2D eigenvalue weighted by Crippen LogP contribution is 2.31. The maximum absolute atomic E-state index is 11.0. The zero-order valence-corrected chi connectivity index (χ0v) is 11.5. The van der Waals surface area contributed by atoms with Crippen molar-refractivity contribution in [3.05, 3.63) is 66.2 Å². The van der Waals surface area contributed by atoms with Crippen LogP contribution >= 0.6 is 0 Å². The van der Waals surface area contributed by atoms with Crippen molar-refractivity contribution in [1.29, 1.82) is 0 Å². The van der Waals surface area contributed by atoms with Crippen LogP contribution in [0.5, 0.6) is 5.75 Å². The van der Waals surface area contributed by atoms with Gasteiger partial charge in [-0.25, -0.2) is 4.79 Å². The third-order valence-electron chi connectivity index (χ3n) is 3.51. The van der Waals surface area contributed by atoms with Gasteiger partial charge in [0, 0.05) is 5.56 Å². The minimum atomic E-state index is -0.911. The number of hydrogen-bond donors (Lipinski definition) is 1. The molecule has 1 N–H and O–H groups in total. The average molecular weight is 278 g/mol. The fraction of sp³-hybridized carbons (Fsp3) is 0.0556. The normalized spacial score (nSPS) is 10.5. The summed E-state index contributed by atoms with van der Waals surface area (Å²) in [6.45, 7) is 0. The van der Waals surface area contributed by atoms with Crippen LogP contribution in [0.1, 0.15) is 10.4 Å². The number of benzene rings is 3. The number of aromatic carboxylic acids is 1. The van der Waals surface area contributed by atoms with Gasteiger partial charge in [0.1, 0.15) is 5.75 Å². The van der Waals surface area contributed by atoms with E-state index in [1.165, 1.54) is 0 Å². The highest BCUT2D eigenvalue weighted by molar-refractivity contribution is 5.96. The van der Waals surface area contributed by atoms with Crippen molar-refractivity contribution in [2.45, 2.75) is 0 Å². The van der Waals surface area contributed by atoms with Gasteiger partial charge in [0.15, 0.2) is 0 Å². The molecule has 0 saturated carbocycles. The molecule has 3 heteroatoms. The standard InChI is InChI=1S/C18H14O3/c1-21-17-5-3-2-4-16(17)14-8-6-13-11-15(18(19)20)9-7-12(13)10-14/h2-11H,1H3,(H,19,20). The molecule has 0 bridgehead atoms. The lowest BCUT2D eigenvalue weighted by Crippen LogP contribution is -1.95. The van der Waals surface area contributed by atoms with Gasteiger partial charge in [-0.05, 0) is 40.6 Å². The summed E-state index contributed by atoms with van der Waals surface area (Å²) in [4.78, 5) is 11.0. The van der Waals surface area contributed by atoms with Crippen LogP contribution in [0.25, 0.3) is 21.9 Å². The minimum Gasteiger partial charge on any atom is -0.496 e. The van der Waals surface area contributed by atoms with Crippen molar-refractivity contribution < 1.29 is 14.6 Å². The first kappa shape index (κ1) is 13.2. The van der Waals surface area contributed by atoms with Crippen LogP contribution in [-0.2, 0) is 0 Å². The van der Waals surface area contributed by atoms with E-state index in [0.717, 1.165) is 27.6 Å². The molecule has 3 rings (SSSR count). The first-order valence-electron chi connectivity index (χ1n) is 6.59. The van der Waals surface area contributed by atoms with Crippen LogP contribution in [0.4, 0.5) is 0 Å². The number of carboxylic acid groups (broad SMARTS) is 1. The number of carbonyl (C=O) groups is 1. The van der Waals surface area contributed by atoms with E-state index in [0.29, 0.717) is 5.56 Å². The molecule has 0 atom stereocenters. The largest absolute Gasteiger partial charge is 0.496 e. The number of hydrogen-bond acceptors (Lipinski definition) is 2. The van der Waals surface area contributed by atoms with Crippen LogP contribution < -0.4 is 4.74 Å². The fourth-order valence-electron chi connectivity index (χ4n) is 2.43. The zero-order chi connectivity index (χ0) is 14.8. The van der Waals surface area contributed by atoms with E-state index in [9.17, 15) is 4.79 Å². The van der Waals surface area contributed by atoms with Crippen molar-refractivity contribution in [3.8, 4) is 16.9 Å². The Labute approximate surface area is 122 Å². The molecule has 0 amide bonds. The Bertz CT molecular complexity index is 822. The minimum absolute atomic E-state index is 0.299. The molecule has 3 nitrogen and oxygen atoms in total. The SMILES string of the molecule is COc1ccccc1-c1ccc2cc(C(=O)O)ccc2c1. The summed E-state index contributed by atoms with van der Waals surface area (Å²) in [5.74, 6) is -0.0929. The molecule has 0 fully saturated rings. The second-order valence-electron chi connectivity index (χ2n) is 4.78. The summed E-state index contributed by atoms with van der Waals surface area (Å²) in [5.41, 5.74) is 2.36. The van der Waals surface area contributed by atoms with E-state index >= 15 is 0 Å². The van der Waals surface area contributed by atoms with Gasteiger partial charge in [-0.3, -0.25) is 0 Å². The van der Waals surface area contributed by atoms with Gasteiger partial charge in [-0.15, -0.1) is 0 Å². The number of methoxy groups -OCH3 is 1. The summed E-state index contributed by atoms with van der Waals surface area (Å²) < 4.78 is 5.38. The molecule has 3 aromatic rings. The van der Waals surface area contributed by atoms with Crippen LogP contribution in [0, 0.1) is 0 Å². The Morgan fingerprint density at radius 2 is 1.67 bits per heavy atom. The van der Waals surface area contributed by atoms with E-state index in [1.54, 1.807) is 19.2 Å². The molecule has 0 aromatic heterocycles. The fourth-order valence-corrected chi connectivity index (χ4v) is 2.43. The number of para-hydroxylation sites is 1. The Hall–Kier alpha value is -2.81. The summed E-state index contributed by atoms with van der Waals surface area (Å²) in [6, 6.07) is 18.9. The molecule has 0 aliphatic carbocycles. The predicted octanol–water partition coefficient (Wildman–Crippen LogP) is 4.21. The van der Waals surface area contributed by atoms with Gasteiger partial charge in [0.05, 0.1) is 12.7 Å². The highest BCUT2D eigenvalue weighted by atomic mass is 16.5. The molecule has 0 aliphatic heterocycles. The lowest BCUT2D eigenvalue weighted by atomic mass is 9.99. The van der Waals surface area contributed by atoms with Crippen molar-refractivity contribution in [2.75, 3.05) is 7.11 Å². The quantitative estimate of drug-likeness (QED) is 0.780. The first-order valence-corrected chi connectivity index (χ1v) is 6.59. The lowest BCUT2D eigenvalue weighted by molar-refractivity contribution is 0.0697. The Kier molecular flexibility index (Phi) is 3.32. The average Bonchev–Trinajstić information content (AvgIpc) is 2.53. The van der Waals surface area contributed by atoms with Gasteiger partial charge in [0.25, 0.3) is 0 Å². The predicted molar refractivity (Wildman–Crippen MR) is 82.9 cm³/mol. The zero-order valence-electron chi connectivity index (χ0n) is 11.5. The van der Waals surface area contributed by atoms with Gasteiger partial charge in [-0.2, -0.15) is 0 Å². The third-order valence-corrected chi connectivity index (χ3v) is 3.51. The molecule has 0 saturated heterocycles. The van der Waals surface area contributed by atoms with Crippen molar-refractivity contribution in [1.82, 2.24) is 0 Å². The molecule has 0 radical (unpaired) electrons. The van der Waals surface area contributed by atoms with Gasteiger partial charge < -0.3 is 9.84 Å². The van der Waals surface area contributed by atoms with E-state index in [-0.39, 0.29) is 0 Å². The lowest BCUT2D eigenvalue weighted by Gasteiger charge is -2.09. The Morgan fingerprint density at radius 1 is 0.952 bits per heavy atom. The summed E-state index contributed by atoms with van der Waals surface area (Å²) >= 11 is 0. The second-order valence-corrected chi connectivity index (χ2v) is 4.78. The van der Waals surface area contributed by atoms with Crippen LogP contribution in [-0.4, -0.2) is 18.2 Å². The molecule has 0 spiro atoms. The summed E-state index contributed by atoms with van der Waals surface area (Å²) in [5, 5.41) is 10.9. The molecular weight excluding hydrogens is 264 g/mol. The molecule has 0 aliphatic rings. The molecule has 21 heavy (non-hydrogen) atoms. The number of fused-ring (bicyclic) bond motifs is 1. The van der Waals surface area contributed by atoms with Gasteiger partial charge >= 0.3 is 5.97 Å². The van der Waals surface area contributed by atoms with Gasteiger partial charge in [0.2, 0.25) is 0 Å². The smallest absolute Gasteiger partial charge is 0.335 e. The Balaban J connectivity index is 2.13. The van der Waals surface area contributed by atoms with E-state index in [4.69, 9.17) is 9.84 Å².